The molecule has 20 heavy (non-hydrogen) atoms. The van der Waals surface area contributed by atoms with Crippen LogP contribution >= 0.6 is 15.9 Å². The van der Waals surface area contributed by atoms with Gasteiger partial charge in [0.05, 0.1) is 10.5 Å². The van der Waals surface area contributed by atoms with Gasteiger partial charge < -0.3 is 5.32 Å². The Bertz CT molecular complexity index is 668. The summed E-state index contributed by atoms with van der Waals surface area (Å²) < 4.78 is 0.479. The molecule has 7 nitrogen and oxygen atoms in total. The molecule has 1 aromatic carbocycles. The molecule has 2 rings (SSSR count). The van der Waals surface area contributed by atoms with Crippen LogP contribution < -0.4 is 5.32 Å². The van der Waals surface area contributed by atoms with E-state index in [0.29, 0.717) is 10.3 Å². The lowest BCUT2D eigenvalue weighted by molar-refractivity contribution is -0.384. The highest BCUT2D eigenvalue weighted by Crippen LogP contribution is 2.23. The van der Waals surface area contributed by atoms with Gasteiger partial charge in [0.1, 0.15) is 0 Å². The summed E-state index contributed by atoms with van der Waals surface area (Å²) in [6, 6.07) is 5.72. The molecule has 0 saturated heterocycles. The van der Waals surface area contributed by atoms with Crippen LogP contribution in [0.1, 0.15) is 23.0 Å². The van der Waals surface area contributed by atoms with E-state index in [1.807, 2.05) is 6.92 Å². The van der Waals surface area contributed by atoms with Crippen LogP contribution in [-0.2, 0) is 6.42 Å². The van der Waals surface area contributed by atoms with Gasteiger partial charge in [-0.1, -0.05) is 6.92 Å². The number of aromatic amines is 1. The van der Waals surface area contributed by atoms with Crippen LogP contribution in [0.25, 0.3) is 0 Å². The molecule has 1 heterocycles. The Morgan fingerprint density at radius 1 is 1.50 bits per heavy atom. The summed E-state index contributed by atoms with van der Waals surface area (Å²) in [5.41, 5.74) is 0.924. The van der Waals surface area contributed by atoms with Crippen LogP contribution in [0.2, 0.25) is 0 Å². The predicted molar refractivity (Wildman–Crippen MR) is 76.7 cm³/mol. The molecule has 0 atom stereocenters. The number of anilines is 1. The molecule has 1 amide bonds. The fraction of sp³-hybridized carbons (Fsp3) is 0.167. The number of H-pyrrole nitrogens is 1. The van der Waals surface area contributed by atoms with E-state index >= 15 is 0 Å². The quantitative estimate of drug-likeness (QED) is 0.660. The SMILES string of the molecule is CCc1cc(NC(=O)c2cc([N+](=O)[O-])ccc2Br)n[nH]1. The third-order valence-corrected chi connectivity index (χ3v) is 3.35. The number of non-ortho nitro benzene ring substituents is 1. The van der Waals surface area contributed by atoms with Gasteiger partial charge in [-0.25, -0.2) is 0 Å². The molecule has 0 aliphatic heterocycles. The van der Waals surface area contributed by atoms with E-state index in [0.717, 1.165) is 12.1 Å². The maximum atomic E-state index is 12.1. The molecule has 0 bridgehead atoms. The van der Waals surface area contributed by atoms with E-state index in [1.54, 1.807) is 6.07 Å². The zero-order chi connectivity index (χ0) is 14.7. The van der Waals surface area contributed by atoms with Gasteiger partial charge in [-0.3, -0.25) is 20.0 Å². The number of carbonyl (C=O) groups excluding carboxylic acids is 1. The Morgan fingerprint density at radius 3 is 2.85 bits per heavy atom. The monoisotopic (exact) mass is 338 g/mol. The van der Waals surface area contributed by atoms with E-state index < -0.39 is 10.8 Å². The third-order valence-electron chi connectivity index (χ3n) is 2.66. The second-order valence-electron chi connectivity index (χ2n) is 4.01. The van der Waals surface area contributed by atoms with Crippen molar-refractivity contribution in [3.63, 3.8) is 0 Å². The van der Waals surface area contributed by atoms with Gasteiger partial charge in [0, 0.05) is 28.4 Å². The van der Waals surface area contributed by atoms with Crippen LogP contribution in [0.5, 0.6) is 0 Å². The summed E-state index contributed by atoms with van der Waals surface area (Å²) in [5, 5.41) is 20.0. The van der Waals surface area contributed by atoms with Gasteiger partial charge in [0.25, 0.3) is 11.6 Å². The minimum atomic E-state index is -0.549. The van der Waals surface area contributed by atoms with E-state index in [1.165, 1.54) is 18.2 Å². The molecule has 0 saturated carbocycles. The van der Waals surface area contributed by atoms with Crippen LogP contribution in [0.3, 0.4) is 0 Å². The van der Waals surface area contributed by atoms with E-state index in [9.17, 15) is 14.9 Å². The lowest BCUT2D eigenvalue weighted by atomic mass is 10.2. The Kier molecular flexibility index (Phi) is 4.14. The topological polar surface area (TPSA) is 101 Å². The Balaban J connectivity index is 2.24. The number of amides is 1. The maximum Gasteiger partial charge on any atom is 0.270 e. The van der Waals surface area contributed by atoms with Gasteiger partial charge in [-0.15, -0.1) is 0 Å². The molecular formula is C12H11BrN4O3. The number of rotatable bonds is 4. The first-order chi connectivity index (χ1) is 9.51. The molecule has 104 valence electrons. The number of carbonyl (C=O) groups is 1. The summed E-state index contributed by atoms with van der Waals surface area (Å²) in [6.07, 6.45) is 0.767. The molecule has 0 aliphatic carbocycles. The van der Waals surface area contributed by atoms with Crippen LogP contribution in [0.4, 0.5) is 11.5 Å². The molecule has 8 heteroatoms. The molecule has 0 spiro atoms. The van der Waals surface area contributed by atoms with Gasteiger partial charge in [0.15, 0.2) is 5.82 Å². The molecule has 0 fully saturated rings. The largest absolute Gasteiger partial charge is 0.305 e. The van der Waals surface area contributed by atoms with Gasteiger partial charge in [-0.05, 0) is 28.4 Å². The van der Waals surface area contributed by atoms with Crippen molar-refractivity contribution in [2.75, 3.05) is 5.32 Å². The average molecular weight is 339 g/mol. The summed E-state index contributed by atoms with van der Waals surface area (Å²) in [4.78, 5) is 22.3. The Hall–Kier alpha value is -2.22. The fourth-order valence-corrected chi connectivity index (χ4v) is 2.02. The second kappa shape index (κ2) is 5.83. The number of benzene rings is 1. The van der Waals surface area contributed by atoms with Crippen molar-refractivity contribution >= 4 is 33.3 Å². The number of aromatic nitrogens is 2. The number of nitro benzene ring substituents is 1. The number of hydrogen-bond acceptors (Lipinski definition) is 4. The Labute approximate surface area is 122 Å². The first-order valence-electron chi connectivity index (χ1n) is 5.81. The molecule has 0 unspecified atom stereocenters. The molecule has 0 radical (unpaired) electrons. The predicted octanol–water partition coefficient (Wildman–Crippen LogP) is 2.90. The van der Waals surface area contributed by atoms with Crippen molar-refractivity contribution in [3.8, 4) is 0 Å². The zero-order valence-electron chi connectivity index (χ0n) is 10.5. The minimum absolute atomic E-state index is 0.144. The third kappa shape index (κ3) is 3.02. The highest BCUT2D eigenvalue weighted by atomic mass is 79.9. The molecule has 2 N–H and O–H groups in total. The fourth-order valence-electron chi connectivity index (χ4n) is 1.59. The maximum absolute atomic E-state index is 12.1. The summed E-state index contributed by atoms with van der Waals surface area (Å²) in [7, 11) is 0. The summed E-state index contributed by atoms with van der Waals surface area (Å²) >= 11 is 3.20. The summed E-state index contributed by atoms with van der Waals surface area (Å²) in [6.45, 7) is 1.95. The molecular weight excluding hydrogens is 328 g/mol. The number of hydrogen-bond donors (Lipinski definition) is 2. The van der Waals surface area contributed by atoms with Crippen LogP contribution in [-0.4, -0.2) is 21.0 Å². The van der Waals surface area contributed by atoms with Crippen molar-refractivity contribution in [3.05, 3.63) is 50.1 Å². The van der Waals surface area contributed by atoms with Crippen LogP contribution in [0, 0.1) is 10.1 Å². The Morgan fingerprint density at radius 2 is 2.25 bits per heavy atom. The molecule has 1 aromatic heterocycles. The number of nitrogens with one attached hydrogen (secondary N) is 2. The molecule has 2 aromatic rings. The first kappa shape index (κ1) is 14.2. The number of aryl methyl sites for hydroxylation is 1. The van der Waals surface area contributed by atoms with Crippen molar-refractivity contribution in [1.29, 1.82) is 0 Å². The average Bonchev–Trinajstić information content (AvgIpc) is 2.86. The normalized spacial score (nSPS) is 10.3. The minimum Gasteiger partial charge on any atom is -0.305 e. The molecule has 0 aliphatic rings. The zero-order valence-corrected chi connectivity index (χ0v) is 12.1. The number of nitro groups is 1. The highest BCUT2D eigenvalue weighted by Gasteiger charge is 2.16. The number of nitrogens with zero attached hydrogens (tertiary/aromatic N) is 2. The van der Waals surface area contributed by atoms with Crippen molar-refractivity contribution < 1.29 is 9.72 Å². The van der Waals surface area contributed by atoms with Gasteiger partial charge >= 0.3 is 0 Å². The van der Waals surface area contributed by atoms with Crippen molar-refractivity contribution in [2.45, 2.75) is 13.3 Å². The lowest BCUT2D eigenvalue weighted by Gasteiger charge is -2.04. The van der Waals surface area contributed by atoms with E-state index in [2.05, 4.69) is 31.4 Å². The first-order valence-corrected chi connectivity index (χ1v) is 6.60. The van der Waals surface area contributed by atoms with Gasteiger partial charge in [-0.2, -0.15) is 5.10 Å². The smallest absolute Gasteiger partial charge is 0.270 e. The van der Waals surface area contributed by atoms with Crippen LogP contribution in [0.15, 0.2) is 28.7 Å². The standard InChI is InChI=1S/C12H11BrN4O3/c1-2-7-5-11(16-15-7)14-12(18)9-6-8(17(19)20)3-4-10(9)13/h3-6H,2H2,1H3,(H2,14,15,16,18). The van der Waals surface area contributed by atoms with Crippen molar-refractivity contribution in [1.82, 2.24) is 10.2 Å². The summed E-state index contributed by atoms with van der Waals surface area (Å²) in [5.74, 6) is -0.0833. The van der Waals surface area contributed by atoms with E-state index in [4.69, 9.17) is 0 Å². The number of halogens is 1. The lowest BCUT2D eigenvalue weighted by Crippen LogP contribution is -2.13. The van der Waals surface area contributed by atoms with Crippen molar-refractivity contribution in [2.24, 2.45) is 0 Å². The second-order valence-corrected chi connectivity index (χ2v) is 4.86. The highest BCUT2D eigenvalue weighted by molar-refractivity contribution is 9.10. The van der Waals surface area contributed by atoms with E-state index in [-0.39, 0.29) is 11.3 Å². The van der Waals surface area contributed by atoms with Gasteiger partial charge in [0.2, 0.25) is 0 Å².